The zero-order chi connectivity index (χ0) is 25.6. The molecule has 0 amide bonds. The summed E-state index contributed by atoms with van der Waals surface area (Å²) in [5.74, 6) is -0.565. The summed E-state index contributed by atoms with van der Waals surface area (Å²) in [5, 5.41) is 10.1. The third-order valence-electron chi connectivity index (χ3n) is 10.4. The predicted molar refractivity (Wildman–Crippen MR) is 134 cm³/mol. The second kappa shape index (κ2) is 7.46. The molecule has 2 N–H and O–H groups in total. The Balaban J connectivity index is 1.44. The number of aliphatic hydroxyl groups excluding tert-OH is 1. The number of allylic oxidation sites excluding steroid dienone is 2. The molecule has 0 heterocycles. The van der Waals surface area contributed by atoms with Gasteiger partial charge < -0.3 is 5.11 Å². The summed E-state index contributed by atoms with van der Waals surface area (Å²) >= 11 is 0. The molecule has 0 radical (unpaired) electrons. The molecule has 4 unspecified atom stereocenters. The molecule has 35 heavy (non-hydrogen) atoms. The lowest BCUT2D eigenvalue weighted by atomic mass is 9.69. The fraction of sp³-hybridized carbons (Fsp3) is 0.571. The minimum atomic E-state index is -4.29. The quantitative estimate of drug-likeness (QED) is 0.462. The number of ketones is 2. The van der Waals surface area contributed by atoms with Gasteiger partial charge in [0.05, 0.1) is 23.2 Å². The highest BCUT2D eigenvalue weighted by atomic mass is 32.2. The van der Waals surface area contributed by atoms with Crippen molar-refractivity contribution < 1.29 is 27.7 Å². The molecule has 0 spiro atoms. The summed E-state index contributed by atoms with van der Waals surface area (Å²) < 4.78 is 33.0. The molecule has 4 aliphatic carbocycles. The van der Waals surface area contributed by atoms with Crippen LogP contribution in [-0.2, 0) is 19.7 Å². The first-order valence-electron chi connectivity index (χ1n) is 12.4. The van der Waals surface area contributed by atoms with E-state index < -0.39 is 32.1 Å². The third-order valence-corrected chi connectivity index (χ3v) is 11.2. The monoisotopic (exact) mass is 498 g/mol. The highest BCUT2D eigenvalue weighted by molar-refractivity contribution is 7.85. The molecule has 1 aromatic carbocycles. The van der Waals surface area contributed by atoms with E-state index in [1.54, 1.807) is 0 Å². The van der Waals surface area contributed by atoms with Gasteiger partial charge in [-0.1, -0.05) is 52.0 Å². The molecule has 4 aliphatic rings. The molecule has 0 aliphatic heterocycles. The Morgan fingerprint density at radius 2 is 1.23 bits per heavy atom. The normalized spacial score (nSPS) is 37.2. The standard InChI is InChI=1S/C28H34O6S/c1-25(2)21-9-11-27(25,15-29)23(30)19(21)13-17-5-7-18(8-6-17)14-20-22-10-12-28(24(20)31,26(22,3)4)16-35(32,33)34/h5-8,13-14,21-22,29H,9-12,15-16H2,1-4H3,(H,32,33,34)/b19-13+,20-14+. The number of fused-ring (bicyclic) bond motifs is 4. The van der Waals surface area contributed by atoms with E-state index in [0.717, 1.165) is 36.0 Å². The third kappa shape index (κ3) is 3.17. The molecule has 4 bridgehead atoms. The van der Waals surface area contributed by atoms with Crippen LogP contribution in [0.1, 0.15) is 64.5 Å². The van der Waals surface area contributed by atoms with Gasteiger partial charge in [-0.25, -0.2) is 0 Å². The van der Waals surface area contributed by atoms with E-state index in [2.05, 4.69) is 13.8 Å². The predicted octanol–water partition coefficient (Wildman–Crippen LogP) is 4.34. The average Bonchev–Trinajstić information content (AvgIpc) is 3.28. The highest BCUT2D eigenvalue weighted by Gasteiger charge is 2.68. The molecule has 0 aromatic heterocycles. The molecule has 4 saturated carbocycles. The zero-order valence-corrected chi connectivity index (χ0v) is 21.6. The molecular weight excluding hydrogens is 464 g/mol. The lowest BCUT2D eigenvalue weighted by Gasteiger charge is -2.34. The molecule has 4 fully saturated rings. The number of hydrogen-bond donors (Lipinski definition) is 2. The van der Waals surface area contributed by atoms with Gasteiger partial charge in [0.1, 0.15) is 0 Å². The number of benzene rings is 1. The van der Waals surface area contributed by atoms with Crippen molar-refractivity contribution in [2.45, 2.75) is 53.4 Å². The Kier molecular flexibility index (Phi) is 5.25. The Morgan fingerprint density at radius 1 is 0.829 bits per heavy atom. The molecule has 6 nitrogen and oxygen atoms in total. The lowest BCUT2D eigenvalue weighted by molar-refractivity contribution is -0.129. The van der Waals surface area contributed by atoms with Crippen molar-refractivity contribution in [1.29, 1.82) is 0 Å². The number of carbonyl (C=O) groups is 2. The summed E-state index contributed by atoms with van der Waals surface area (Å²) in [5.41, 5.74) is 0.585. The molecular formula is C28H34O6S. The molecule has 7 heteroatoms. The van der Waals surface area contributed by atoms with Crippen LogP contribution in [0.25, 0.3) is 12.2 Å². The fourth-order valence-corrected chi connectivity index (χ4v) is 9.22. The Bertz CT molecular complexity index is 1280. The van der Waals surface area contributed by atoms with E-state index in [-0.39, 0.29) is 35.4 Å². The minimum absolute atomic E-state index is 0.0536. The van der Waals surface area contributed by atoms with Crippen LogP contribution in [0.3, 0.4) is 0 Å². The first kappa shape index (κ1) is 24.6. The van der Waals surface area contributed by atoms with Gasteiger partial charge in [-0.3, -0.25) is 14.1 Å². The van der Waals surface area contributed by atoms with E-state index in [9.17, 15) is 27.7 Å². The minimum Gasteiger partial charge on any atom is -0.395 e. The van der Waals surface area contributed by atoms with Crippen molar-refractivity contribution in [3.8, 4) is 0 Å². The van der Waals surface area contributed by atoms with Crippen LogP contribution in [0.4, 0.5) is 0 Å². The zero-order valence-electron chi connectivity index (χ0n) is 20.8. The second-order valence-electron chi connectivity index (χ2n) is 12.2. The summed E-state index contributed by atoms with van der Waals surface area (Å²) in [7, 11) is -4.29. The molecule has 5 rings (SSSR count). The van der Waals surface area contributed by atoms with Crippen LogP contribution < -0.4 is 0 Å². The SMILES string of the molecule is CC1(C)C2CCC1(CO)C(=O)/C2=C/c1ccc(/C=C2/C(=O)C3(CS(=O)(=O)O)CCC2C3(C)C)cc1. The number of rotatable bonds is 5. The molecule has 1 aromatic rings. The smallest absolute Gasteiger partial charge is 0.265 e. The molecule has 4 atom stereocenters. The van der Waals surface area contributed by atoms with Gasteiger partial charge in [0.25, 0.3) is 10.1 Å². The van der Waals surface area contributed by atoms with Crippen LogP contribution in [0.5, 0.6) is 0 Å². The van der Waals surface area contributed by atoms with Crippen molar-refractivity contribution in [3.63, 3.8) is 0 Å². The number of hydrogen-bond acceptors (Lipinski definition) is 5. The molecule has 0 saturated heterocycles. The van der Waals surface area contributed by atoms with Gasteiger partial charge in [0.15, 0.2) is 11.6 Å². The summed E-state index contributed by atoms with van der Waals surface area (Å²) in [4.78, 5) is 26.6. The summed E-state index contributed by atoms with van der Waals surface area (Å²) in [6.45, 7) is 7.90. The summed E-state index contributed by atoms with van der Waals surface area (Å²) in [6, 6.07) is 7.67. The summed E-state index contributed by atoms with van der Waals surface area (Å²) in [6.07, 6.45) is 6.61. The maximum absolute atomic E-state index is 13.4. The van der Waals surface area contributed by atoms with Gasteiger partial charge in [-0.15, -0.1) is 0 Å². The van der Waals surface area contributed by atoms with Gasteiger partial charge in [-0.2, -0.15) is 8.42 Å². The average molecular weight is 499 g/mol. The number of Topliss-reactive ketones (excluding diaryl/α,β-unsaturated/α-hetero) is 2. The van der Waals surface area contributed by atoms with Crippen LogP contribution in [0, 0.1) is 33.5 Å². The number of aliphatic hydroxyl groups is 1. The second-order valence-corrected chi connectivity index (χ2v) is 13.7. The fourth-order valence-electron chi connectivity index (χ4n) is 7.95. The van der Waals surface area contributed by atoms with E-state index in [4.69, 9.17) is 0 Å². The van der Waals surface area contributed by atoms with E-state index in [1.807, 2.05) is 50.3 Å². The molecule has 188 valence electrons. The van der Waals surface area contributed by atoms with Crippen LogP contribution in [-0.4, -0.2) is 42.0 Å². The number of carbonyl (C=O) groups excluding carboxylic acids is 2. The van der Waals surface area contributed by atoms with Gasteiger partial charge in [0.2, 0.25) is 0 Å². The lowest BCUT2D eigenvalue weighted by Crippen LogP contribution is -2.42. The van der Waals surface area contributed by atoms with Gasteiger partial charge in [-0.05, 0) is 71.6 Å². The van der Waals surface area contributed by atoms with Crippen molar-refractivity contribution in [2.24, 2.45) is 33.5 Å². The highest BCUT2D eigenvalue weighted by Crippen LogP contribution is 2.67. The van der Waals surface area contributed by atoms with Crippen molar-refractivity contribution in [3.05, 3.63) is 46.5 Å². The van der Waals surface area contributed by atoms with Gasteiger partial charge in [0, 0.05) is 11.1 Å². The van der Waals surface area contributed by atoms with E-state index in [0.29, 0.717) is 12.0 Å². The van der Waals surface area contributed by atoms with Crippen LogP contribution in [0.2, 0.25) is 0 Å². The van der Waals surface area contributed by atoms with Crippen molar-refractivity contribution >= 4 is 33.8 Å². The van der Waals surface area contributed by atoms with Gasteiger partial charge >= 0.3 is 0 Å². The largest absolute Gasteiger partial charge is 0.395 e. The maximum Gasteiger partial charge on any atom is 0.265 e. The first-order valence-corrected chi connectivity index (χ1v) is 14.0. The van der Waals surface area contributed by atoms with Crippen LogP contribution in [0.15, 0.2) is 35.4 Å². The first-order chi connectivity index (χ1) is 16.2. The Morgan fingerprint density at radius 3 is 1.63 bits per heavy atom. The van der Waals surface area contributed by atoms with E-state index in [1.165, 1.54) is 0 Å². The van der Waals surface area contributed by atoms with Crippen LogP contribution >= 0.6 is 0 Å². The Hall–Kier alpha value is -2.09. The Labute approximate surface area is 207 Å². The van der Waals surface area contributed by atoms with E-state index >= 15 is 0 Å². The topological polar surface area (TPSA) is 109 Å². The maximum atomic E-state index is 13.4. The van der Waals surface area contributed by atoms with Crippen molar-refractivity contribution in [2.75, 3.05) is 12.4 Å². The van der Waals surface area contributed by atoms with Crippen molar-refractivity contribution in [1.82, 2.24) is 0 Å².